The summed E-state index contributed by atoms with van der Waals surface area (Å²) in [6.45, 7) is 8.70. The Balaban J connectivity index is 1.10. The average molecular weight is 735 g/mol. The Morgan fingerprint density at radius 2 is 1.47 bits per heavy atom. The summed E-state index contributed by atoms with van der Waals surface area (Å²) in [4.78, 5) is 15.2. The maximum Gasteiger partial charge on any atom is 0.257 e. The van der Waals surface area contributed by atoms with Crippen LogP contribution in [0.3, 0.4) is 0 Å². The van der Waals surface area contributed by atoms with Crippen LogP contribution in [0.2, 0.25) is 0 Å². The van der Waals surface area contributed by atoms with Gasteiger partial charge in [0.1, 0.15) is 5.56 Å². The molecule has 2 N–H and O–H groups in total. The van der Waals surface area contributed by atoms with Crippen molar-refractivity contribution in [1.29, 1.82) is 0 Å². The van der Waals surface area contributed by atoms with Crippen LogP contribution in [-0.4, -0.2) is 41.1 Å². The minimum Gasteiger partial charge on any atom is -0.392 e. The van der Waals surface area contributed by atoms with Gasteiger partial charge in [0, 0.05) is 37.7 Å². The molecule has 11 heteroatoms. The van der Waals surface area contributed by atoms with E-state index in [0.717, 1.165) is 47.3 Å². The minimum absolute atomic E-state index is 0.0443. The number of hydrogen-bond donors (Lipinski definition) is 2. The van der Waals surface area contributed by atoms with Crippen LogP contribution in [0.4, 0.5) is 22.0 Å². The van der Waals surface area contributed by atoms with E-state index >= 15 is 0 Å². The predicted octanol–water partition coefficient (Wildman–Crippen LogP) is 8.92. The second-order valence-electron chi connectivity index (χ2n) is 15.9. The second-order valence-corrected chi connectivity index (χ2v) is 15.9. The molecule has 280 valence electrons. The van der Waals surface area contributed by atoms with Gasteiger partial charge in [-0.3, -0.25) is 9.69 Å². The molecule has 2 heterocycles. The number of aliphatic hydroxyl groups is 1. The zero-order chi connectivity index (χ0) is 37.7. The van der Waals surface area contributed by atoms with Crippen LogP contribution in [-0.2, 0) is 22.6 Å². The van der Waals surface area contributed by atoms with Gasteiger partial charge < -0.3 is 19.9 Å². The SMILES string of the molecule is CC1(C)CC2CC(C)(CN2CC2CC(c3ccc(CO)cc3)OC(c3cccc(-c4cccc(CNC(=O)c5c(F)c(F)c(F)c(F)c5F)c4)c3)O2)C1. The molecule has 1 amide bonds. The highest BCUT2D eigenvalue weighted by molar-refractivity contribution is 5.94. The summed E-state index contributed by atoms with van der Waals surface area (Å²) < 4.78 is 82.7. The smallest absolute Gasteiger partial charge is 0.257 e. The molecule has 0 aromatic heterocycles. The number of carbonyl (C=O) groups is 1. The second kappa shape index (κ2) is 14.6. The Morgan fingerprint density at radius 1 is 0.811 bits per heavy atom. The zero-order valence-corrected chi connectivity index (χ0v) is 29.9. The fraction of sp³-hybridized carbons (Fsp3) is 0.405. The van der Waals surface area contributed by atoms with Gasteiger partial charge in [-0.15, -0.1) is 0 Å². The molecule has 5 unspecified atom stereocenters. The Hall–Kier alpha value is -4.16. The number of benzene rings is 4. The molecule has 2 aliphatic heterocycles. The van der Waals surface area contributed by atoms with Crippen molar-refractivity contribution in [2.24, 2.45) is 10.8 Å². The maximum absolute atomic E-state index is 14.2. The highest BCUT2D eigenvalue weighted by Gasteiger charge is 2.50. The molecule has 1 aliphatic carbocycles. The van der Waals surface area contributed by atoms with Crippen molar-refractivity contribution in [2.75, 3.05) is 13.1 Å². The van der Waals surface area contributed by atoms with E-state index in [2.05, 4.69) is 31.0 Å². The van der Waals surface area contributed by atoms with E-state index in [1.807, 2.05) is 54.6 Å². The molecular weight excluding hydrogens is 691 g/mol. The van der Waals surface area contributed by atoms with Crippen LogP contribution in [0.15, 0.2) is 72.8 Å². The number of fused-ring (bicyclic) bond motifs is 2. The maximum atomic E-state index is 14.2. The van der Waals surface area contributed by atoms with Crippen molar-refractivity contribution >= 4 is 5.91 Å². The Kier molecular flexibility index (Phi) is 10.2. The summed E-state index contributed by atoms with van der Waals surface area (Å²) in [5, 5.41) is 11.9. The third kappa shape index (κ3) is 7.76. The number of rotatable bonds is 9. The molecule has 0 spiro atoms. The van der Waals surface area contributed by atoms with Crippen molar-refractivity contribution in [3.8, 4) is 11.1 Å². The molecule has 2 saturated heterocycles. The molecule has 0 radical (unpaired) electrons. The van der Waals surface area contributed by atoms with E-state index in [1.165, 1.54) is 12.8 Å². The first-order valence-electron chi connectivity index (χ1n) is 18.0. The highest BCUT2D eigenvalue weighted by Crippen LogP contribution is 2.53. The first kappa shape index (κ1) is 37.2. The van der Waals surface area contributed by atoms with Crippen molar-refractivity contribution in [1.82, 2.24) is 10.2 Å². The topological polar surface area (TPSA) is 71.0 Å². The molecular formula is C42H43F5N2O4. The van der Waals surface area contributed by atoms with Crippen LogP contribution >= 0.6 is 0 Å². The van der Waals surface area contributed by atoms with Crippen molar-refractivity contribution < 1.29 is 41.3 Å². The lowest BCUT2D eigenvalue weighted by Crippen LogP contribution is -2.42. The molecule has 3 fully saturated rings. The number of halogens is 5. The molecule has 2 bridgehead atoms. The van der Waals surface area contributed by atoms with Gasteiger partial charge in [0.15, 0.2) is 29.6 Å². The lowest BCUT2D eigenvalue weighted by atomic mass is 9.65. The van der Waals surface area contributed by atoms with Crippen molar-refractivity contribution in [3.63, 3.8) is 0 Å². The van der Waals surface area contributed by atoms with Gasteiger partial charge in [-0.1, -0.05) is 81.4 Å². The Bertz CT molecular complexity index is 1980. The van der Waals surface area contributed by atoms with Gasteiger partial charge in [0.05, 0.1) is 18.8 Å². The number of likely N-dealkylation sites (tertiary alicyclic amines) is 1. The number of hydrogen-bond acceptors (Lipinski definition) is 5. The van der Waals surface area contributed by atoms with E-state index in [4.69, 9.17) is 9.47 Å². The van der Waals surface area contributed by atoms with E-state index in [-0.39, 0.29) is 30.8 Å². The lowest BCUT2D eigenvalue weighted by molar-refractivity contribution is -0.253. The summed E-state index contributed by atoms with van der Waals surface area (Å²) in [7, 11) is 0. The summed E-state index contributed by atoms with van der Waals surface area (Å²) in [6, 6.07) is 23.1. The van der Waals surface area contributed by atoms with Crippen LogP contribution in [0.25, 0.3) is 11.1 Å². The van der Waals surface area contributed by atoms with Crippen LogP contribution in [0.5, 0.6) is 0 Å². The summed E-state index contributed by atoms with van der Waals surface area (Å²) in [5.41, 5.74) is 3.79. The zero-order valence-electron chi connectivity index (χ0n) is 29.9. The number of ether oxygens (including phenoxy) is 2. The van der Waals surface area contributed by atoms with E-state index in [9.17, 15) is 31.9 Å². The Morgan fingerprint density at radius 3 is 2.17 bits per heavy atom. The van der Waals surface area contributed by atoms with Gasteiger partial charge in [0.25, 0.3) is 5.91 Å². The molecule has 4 aromatic rings. The molecule has 6 nitrogen and oxygen atoms in total. The number of aliphatic hydroxyl groups excluding tert-OH is 1. The number of carbonyl (C=O) groups excluding carboxylic acids is 1. The third-order valence-electron chi connectivity index (χ3n) is 10.9. The highest BCUT2D eigenvalue weighted by atomic mass is 19.2. The van der Waals surface area contributed by atoms with Crippen molar-refractivity contribution in [2.45, 2.75) is 84.1 Å². The van der Waals surface area contributed by atoms with Crippen LogP contribution in [0, 0.1) is 39.9 Å². The van der Waals surface area contributed by atoms with Gasteiger partial charge in [0.2, 0.25) is 5.82 Å². The first-order valence-corrected chi connectivity index (χ1v) is 18.0. The number of nitrogens with zero attached hydrogens (tertiary/aromatic N) is 1. The summed E-state index contributed by atoms with van der Waals surface area (Å²) in [5.74, 6) is -12.5. The van der Waals surface area contributed by atoms with Gasteiger partial charge >= 0.3 is 0 Å². The molecule has 7 rings (SSSR count). The fourth-order valence-electron chi connectivity index (χ4n) is 8.89. The monoisotopic (exact) mass is 734 g/mol. The van der Waals surface area contributed by atoms with Crippen LogP contribution < -0.4 is 5.32 Å². The fourth-order valence-corrected chi connectivity index (χ4v) is 8.89. The standard InChI is InChI=1S/C42H43F5N2O4/c1-41(2)17-30-18-42(3,22-41)23-49(30)20-31-16-32(26-12-10-24(21-50)11-13-26)53-40(52-31)29-9-5-8-28(15-29)27-7-4-6-25(14-27)19-48-39(51)33-34(43)36(45)38(47)37(46)35(33)44/h4-15,30-32,40,50H,16-23H2,1-3H3,(H,48,51). The lowest BCUT2D eigenvalue weighted by Gasteiger charge is -2.41. The quantitative estimate of drug-likeness (QED) is 0.102. The molecule has 3 aliphatic rings. The largest absolute Gasteiger partial charge is 0.392 e. The molecule has 1 saturated carbocycles. The first-order chi connectivity index (χ1) is 25.2. The number of amides is 1. The molecule has 5 atom stereocenters. The summed E-state index contributed by atoms with van der Waals surface area (Å²) in [6.07, 6.45) is 3.21. The summed E-state index contributed by atoms with van der Waals surface area (Å²) >= 11 is 0. The third-order valence-corrected chi connectivity index (χ3v) is 10.9. The molecule has 53 heavy (non-hydrogen) atoms. The van der Waals surface area contributed by atoms with Gasteiger partial charge in [-0.2, -0.15) is 0 Å². The normalized spacial score (nSPS) is 25.4. The van der Waals surface area contributed by atoms with Gasteiger partial charge in [-0.25, -0.2) is 22.0 Å². The van der Waals surface area contributed by atoms with Gasteiger partial charge in [-0.05, 0) is 70.0 Å². The van der Waals surface area contributed by atoms with E-state index < -0.39 is 46.8 Å². The minimum atomic E-state index is -2.33. The van der Waals surface area contributed by atoms with Crippen molar-refractivity contribution in [3.05, 3.63) is 130 Å². The number of nitrogens with one attached hydrogen (secondary N) is 1. The van der Waals surface area contributed by atoms with E-state index in [1.54, 1.807) is 18.2 Å². The van der Waals surface area contributed by atoms with Crippen LogP contribution in [0.1, 0.15) is 91.5 Å². The molecule has 4 aromatic carbocycles. The average Bonchev–Trinajstić information content (AvgIpc) is 3.39. The Labute approximate surface area is 305 Å². The predicted molar refractivity (Wildman–Crippen MR) is 189 cm³/mol. The van der Waals surface area contributed by atoms with E-state index in [0.29, 0.717) is 23.4 Å².